The van der Waals surface area contributed by atoms with Crippen LogP contribution in [-0.4, -0.2) is 21.4 Å². The Labute approximate surface area is 174 Å². The summed E-state index contributed by atoms with van der Waals surface area (Å²) in [5, 5.41) is 17.2. The summed E-state index contributed by atoms with van der Waals surface area (Å²) >= 11 is 0. The van der Waals surface area contributed by atoms with Gasteiger partial charge in [-0.15, -0.1) is 0 Å². The van der Waals surface area contributed by atoms with Crippen molar-refractivity contribution in [2.24, 2.45) is 0 Å². The number of aryl methyl sites for hydroxylation is 1. The van der Waals surface area contributed by atoms with Crippen molar-refractivity contribution < 1.29 is 4.92 Å². The number of hydrogen-bond acceptors (Lipinski definition) is 6. The molecule has 0 atom stereocenters. The fourth-order valence-electron chi connectivity index (χ4n) is 3.48. The number of nitro groups is 1. The van der Waals surface area contributed by atoms with Crippen LogP contribution in [0.25, 0.3) is 10.8 Å². The second-order valence-corrected chi connectivity index (χ2v) is 6.89. The van der Waals surface area contributed by atoms with Crippen LogP contribution in [0.2, 0.25) is 0 Å². The standard InChI is InChI=1S/C23H21N5O2/c1-3-27(20-10-6-8-17-7-4-5-9-19(17)20)23-21(28(29)30)22(24-15-25-23)26-18-13-11-16(2)12-14-18/h4-15H,3H2,1-2H3,(H,24,25,26). The first-order chi connectivity index (χ1) is 14.6. The molecule has 0 amide bonds. The van der Waals surface area contributed by atoms with Gasteiger partial charge in [-0.3, -0.25) is 10.1 Å². The quantitative estimate of drug-likeness (QED) is 0.328. The largest absolute Gasteiger partial charge is 0.354 e. The third-order valence-corrected chi connectivity index (χ3v) is 4.93. The molecule has 1 N–H and O–H groups in total. The van der Waals surface area contributed by atoms with E-state index >= 15 is 0 Å². The Bertz CT molecular complexity index is 1200. The smallest absolute Gasteiger partial charge is 0.334 e. The third kappa shape index (κ3) is 3.65. The van der Waals surface area contributed by atoms with E-state index in [-0.39, 0.29) is 17.3 Å². The Morgan fingerprint density at radius 1 is 1.00 bits per heavy atom. The van der Waals surface area contributed by atoms with E-state index in [2.05, 4.69) is 15.3 Å². The first-order valence-corrected chi connectivity index (χ1v) is 9.67. The SMILES string of the molecule is CCN(c1ncnc(Nc2ccc(C)cc2)c1[N+](=O)[O-])c1cccc2ccccc12. The van der Waals surface area contributed by atoms with Gasteiger partial charge in [0, 0.05) is 17.6 Å². The van der Waals surface area contributed by atoms with Crippen molar-refractivity contribution in [3.63, 3.8) is 0 Å². The highest BCUT2D eigenvalue weighted by Crippen LogP contribution is 2.39. The molecular weight excluding hydrogens is 378 g/mol. The molecule has 0 spiro atoms. The van der Waals surface area contributed by atoms with E-state index in [0.717, 1.165) is 27.7 Å². The Kier molecular flexibility index (Phi) is 5.26. The van der Waals surface area contributed by atoms with Crippen LogP contribution in [0.15, 0.2) is 73.1 Å². The first kappa shape index (κ1) is 19.3. The highest BCUT2D eigenvalue weighted by molar-refractivity contribution is 5.97. The zero-order valence-corrected chi connectivity index (χ0v) is 16.7. The number of rotatable bonds is 6. The molecule has 30 heavy (non-hydrogen) atoms. The summed E-state index contributed by atoms with van der Waals surface area (Å²) < 4.78 is 0. The van der Waals surface area contributed by atoms with Crippen molar-refractivity contribution in [1.29, 1.82) is 0 Å². The number of fused-ring (bicyclic) bond motifs is 1. The number of benzene rings is 3. The topological polar surface area (TPSA) is 84.2 Å². The maximum absolute atomic E-state index is 12.1. The monoisotopic (exact) mass is 399 g/mol. The second kappa shape index (κ2) is 8.16. The highest BCUT2D eigenvalue weighted by Gasteiger charge is 2.28. The van der Waals surface area contributed by atoms with Crippen molar-refractivity contribution in [3.8, 4) is 0 Å². The van der Waals surface area contributed by atoms with E-state index in [4.69, 9.17) is 0 Å². The molecule has 0 saturated heterocycles. The number of nitrogens with zero attached hydrogens (tertiary/aromatic N) is 4. The van der Waals surface area contributed by atoms with Crippen LogP contribution in [0.4, 0.5) is 28.7 Å². The van der Waals surface area contributed by atoms with Gasteiger partial charge in [0.15, 0.2) is 0 Å². The van der Waals surface area contributed by atoms with Crippen LogP contribution in [0, 0.1) is 17.0 Å². The summed E-state index contributed by atoms with van der Waals surface area (Å²) in [6, 6.07) is 21.5. The lowest BCUT2D eigenvalue weighted by Crippen LogP contribution is -2.20. The summed E-state index contributed by atoms with van der Waals surface area (Å²) in [6.45, 7) is 4.44. The van der Waals surface area contributed by atoms with Gasteiger partial charge in [0.25, 0.3) is 0 Å². The molecule has 1 aromatic heterocycles. The lowest BCUT2D eigenvalue weighted by molar-refractivity contribution is -0.383. The molecule has 4 aromatic rings. The molecule has 0 aliphatic heterocycles. The zero-order chi connectivity index (χ0) is 21.1. The minimum atomic E-state index is -0.431. The Morgan fingerprint density at radius 3 is 2.47 bits per heavy atom. The normalized spacial score (nSPS) is 10.7. The highest BCUT2D eigenvalue weighted by atomic mass is 16.6. The maximum Gasteiger partial charge on any atom is 0.354 e. The van der Waals surface area contributed by atoms with Crippen molar-refractivity contribution in [2.75, 3.05) is 16.8 Å². The maximum atomic E-state index is 12.1. The lowest BCUT2D eigenvalue weighted by Gasteiger charge is -2.24. The van der Waals surface area contributed by atoms with Crippen LogP contribution in [0.3, 0.4) is 0 Å². The van der Waals surface area contributed by atoms with E-state index in [1.807, 2.05) is 85.5 Å². The van der Waals surface area contributed by atoms with Crippen LogP contribution in [-0.2, 0) is 0 Å². The average molecular weight is 399 g/mol. The van der Waals surface area contributed by atoms with E-state index in [1.54, 1.807) is 0 Å². The lowest BCUT2D eigenvalue weighted by atomic mass is 10.1. The predicted octanol–water partition coefficient (Wildman–Crippen LogP) is 5.75. The molecule has 1 heterocycles. The molecule has 0 fully saturated rings. The van der Waals surface area contributed by atoms with Gasteiger partial charge in [0.05, 0.1) is 10.6 Å². The van der Waals surface area contributed by atoms with Crippen molar-refractivity contribution in [1.82, 2.24) is 9.97 Å². The Hall–Kier alpha value is -4.00. The van der Waals surface area contributed by atoms with Crippen LogP contribution in [0.1, 0.15) is 12.5 Å². The van der Waals surface area contributed by atoms with Crippen molar-refractivity contribution >= 4 is 39.5 Å². The summed E-state index contributed by atoms with van der Waals surface area (Å²) in [5.41, 5.74) is 2.53. The fourth-order valence-corrected chi connectivity index (χ4v) is 3.48. The molecular formula is C23H21N5O2. The zero-order valence-electron chi connectivity index (χ0n) is 16.7. The number of nitrogens with one attached hydrogen (secondary N) is 1. The van der Waals surface area contributed by atoms with Crippen LogP contribution in [0.5, 0.6) is 0 Å². The van der Waals surface area contributed by atoms with E-state index in [1.165, 1.54) is 6.33 Å². The molecule has 150 valence electrons. The summed E-state index contributed by atoms with van der Waals surface area (Å²) in [4.78, 5) is 21.9. The van der Waals surface area contributed by atoms with Gasteiger partial charge < -0.3 is 10.2 Å². The molecule has 0 aliphatic rings. The second-order valence-electron chi connectivity index (χ2n) is 6.89. The first-order valence-electron chi connectivity index (χ1n) is 9.67. The molecule has 0 radical (unpaired) electrons. The number of anilines is 4. The van der Waals surface area contributed by atoms with Gasteiger partial charge >= 0.3 is 5.69 Å². The molecule has 7 nitrogen and oxygen atoms in total. The fraction of sp³-hybridized carbons (Fsp3) is 0.130. The Balaban J connectivity index is 1.84. The third-order valence-electron chi connectivity index (χ3n) is 4.93. The molecule has 0 aliphatic carbocycles. The number of hydrogen-bond donors (Lipinski definition) is 1. The summed E-state index contributed by atoms with van der Waals surface area (Å²) in [6.07, 6.45) is 1.35. The molecule has 7 heteroatoms. The minimum absolute atomic E-state index is 0.159. The van der Waals surface area contributed by atoms with Gasteiger partial charge in [-0.05, 0) is 37.4 Å². The Morgan fingerprint density at radius 2 is 1.73 bits per heavy atom. The van der Waals surface area contributed by atoms with E-state index < -0.39 is 4.92 Å². The average Bonchev–Trinajstić information content (AvgIpc) is 2.76. The van der Waals surface area contributed by atoms with Crippen molar-refractivity contribution in [2.45, 2.75) is 13.8 Å². The van der Waals surface area contributed by atoms with Crippen LogP contribution >= 0.6 is 0 Å². The van der Waals surface area contributed by atoms with Gasteiger partial charge in [-0.25, -0.2) is 9.97 Å². The molecule has 0 saturated carbocycles. The molecule has 4 rings (SSSR count). The van der Waals surface area contributed by atoms with Gasteiger partial charge in [-0.2, -0.15) is 0 Å². The van der Waals surface area contributed by atoms with Gasteiger partial charge in [0.2, 0.25) is 11.6 Å². The minimum Gasteiger partial charge on any atom is -0.334 e. The van der Waals surface area contributed by atoms with Crippen molar-refractivity contribution in [3.05, 3.63) is 88.7 Å². The van der Waals surface area contributed by atoms with E-state index in [0.29, 0.717) is 6.54 Å². The summed E-state index contributed by atoms with van der Waals surface area (Å²) in [7, 11) is 0. The van der Waals surface area contributed by atoms with E-state index in [9.17, 15) is 10.1 Å². The van der Waals surface area contributed by atoms with Crippen LogP contribution < -0.4 is 10.2 Å². The number of aromatic nitrogens is 2. The summed E-state index contributed by atoms with van der Waals surface area (Å²) in [5.74, 6) is 0.413. The molecule has 0 bridgehead atoms. The van der Waals surface area contributed by atoms with Gasteiger partial charge in [0.1, 0.15) is 6.33 Å². The molecule has 3 aromatic carbocycles. The van der Waals surface area contributed by atoms with Gasteiger partial charge in [-0.1, -0.05) is 54.1 Å². The molecule has 0 unspecified atom stereocenters. The predicted molar refractivity (Wildman–Crippen MR) is 120 cm³/mol.